The molecule has 2 fully saturated rings. The third kappa shape index (κ3) is 4.07. The van der Waals surface area contributed by atoms with Crippen LogP contribution >= 0.6 is 11.3 Å². The van der Waals surface area contributed by atoms with Gasteiger partial charge in [-0.15, -0.1) is 0 Å². The Hall–Kier alpha value is -2.62. The van der Waals surface area contributed by atoms with Crippen LogP contribution in [0, 0.1) is 6.92 Å². The van der Waals surface area contributed by atoms with Crippen molar-refractivity contribution < 1.29 is 4.74 Å². The molecule has 0 aromatic carbocycles. The third-order valence-corrected chi connectivity index (χ3v) is 6.25. The Morgan fingerprint density at radius 2 is 1.93 bits per heavy atom. The van der Waals surface area contributed by atoms with Crippen LogP contribution in [0.1, 0.15) is 5.69 Å². The summed E-state index contributed by atoms with van der Waals surface area (Å²) in [7, 11) is 0. The summed E-state index contributed by atoms with van der Waals surface area (Å²) in [6, 6.07) is 4.88. The summed E-state index contributed by atoms with van der Waals surface area (Å²) in [5.74, 6) is 0.815. The maximum absolute atomic E-state index is 5.33. The lowest BCUT2D eigenvalue weighted by atomic mass is 10.1. The van der Waals surface area contributed by atoms with E-state index in [1.165, 1.54) is 5.69 Å². The quantitative estimate of drug-likeness (QED) is 0.689. The first-order valence-electron chi connectivity index (χ1n) is 9.79. The SMILES string of the molecule is Cc1cc(N2CCN(C3COC3)CC2)cc(Nc2ncc(-c3cnccn3)s2)n1. The van der Waals surface area contributed by atoms with E-state index in [9.17, 15) is 0 Å². The molecular weight excluding hydrogens is 386 g/mol. The molecule has 9 heteroatoms. The topological polar surface area (TPSA) is 79.3 Å². The van der Waals surface area contributed by atoms with Gasteiger partial charge < -0.3 is 15.0 Å². The maximum atomic E-state index is 5.33. The van der Waals surface area contributed by atoms with E-state index in [0.29, 0.717) is 6.04 Å². The molecule has 0 unspecified atom stereocenters. The number of anilines is 3. The van der Waals surface area contributed by atoms with Gasteiger partial charge in [0.15, 0.2) is 5.13 Å². The molecule has 0 aliphatic carbocycles. The maximum Gasteiger partial charge on any atom is 0.188 e. The zero-order valence-corrected chi connectivity index (χ0v) is 17.1. The predicted molar refractivity (Wildman–Crippen MR) is 114 cm³/mol. The van der Waals surface area contributed by atoms with Gasteiger partial charge in [-0.05, 0) is 13.0 Å². The molecule has 0 spiro atoms. The van der Waals surface area contributed by atoms with Gasteiger partial charge in [-0.1, -0.05) is 11.3 Å². The molecule has 0 atom stereocenters. The second-order valence-electron chi connectivity index (χ2n) is 7.31. The molecule has 0 amide bonds. The van der Waals surface area contributed by atoms with Crippen LogP contribution in [-0.4, -0.2) is 70.3 Å². The molecule has 8 nitrogen and oxygen atoms in total. The lowest BCUT2D eigenvalue weighted by Crippen LogP contribution is -2.56. The van der Waals surface area contributed by atoms with Crippen LogP contribution in [0.3, 0.4) is 0 Å². The van der Waals surface area contributed by atoms with Crippen molar-refractivity contribution in [2.24, 2.45) is 0 Å². The molecule has 1 N–H and O–H groups in total. The summed E-state index contributed by atoms with van der Waals surface area (Å²) in [4.78, 5) is 23.5. The number of thiazole rings is 1. The summed E-state index contributed by atoms with van der Waals surface area (Å²) >= 11 is 1.54. The monoisotopic (exact) mass is 409 g/mol. The van der Waals surface area contributed by atoms with Gasteiger partial charge in [0.05, 0.1) is 30.3 Å². The van der Waals surface area contributed by atoms with Gasteiger partial charge >= 0.3 is 0 Å². The van der Waals surface area contributed by atoms with Gasteiger partial charge in [0, 0.05) is 62.2 Å². The molecule has 2 aliphatic rings. The van der Waals surface area contributed by atoms with Gasteiger partial charge in [-0.2, -0.15) is 0 Å². The van der Waals surface area contributed by atoms with Crippen molar-refractivity contribution in [1.29, 1.82) is 0 Å². The first kappa shape index (κ1) is 18.4. The number of pyridine rings is 1. The van der Waals surface area contributed by atoms with Crippen LogP contribution in [0.15, 0.2) is 36.9 Å². The molecule has 3 aromatic rings. The second kappa shape index (κ2) is 8.02. The van der Waals surface area contributed by atoms with Crippen molar-refractivity contribution in [1.82, 2.24) is 24.8 Å². The Balaban J connectivity index is 1.28. The van der Waals surface area contributed by atoms with E-state index in [0.717, 1.165) is 66.6 Å². The van der Waals surface area contributed by atoms with Crippen molar-refractivity contribution in [3.8, 4) is 10.6 Å². The molecule has 3 aromatic heterocycles. The Labute approximate surface area is 173 Å². The molecule has 0 radical (unpaired) electrons. The number of aromatic nitrogens is 4. The number of ether oxygens (including phenoxy) is 1. The van der Waals surface area contributed by atoms with E-state index in [1.54, 1.807) is 29.9 Å². The van der Waals surface area contributed by atoms with Crippen molar-refractivity contribution >= 4 is 28.0 Å². The highest BCUT2D eigenvalue weighted by Crippen LogP contribution is 2.30. The van der Waals surface area contributed by atoms with E-state index in [1.807, 2.05) is 13.1 Å². The van der Waals surface area contributed by atoms with E-state index in [2.05, 4.69) is 47.2 Å². The fraction of sp³-hybridized carbons (Fsp3) is 0.400. The van der Waals surface area contributed by atoms with Crippen LogP contribution < -0.4 is 10.2 Å². The van der Waals surface area contributed by atoms with Crippen LogP contribution in [0.25, 0.3) is 10.6 Å². The Kier molecular flexibility index (Phi) is 5.09. The molecule has 2 saturated heterocycles. The molecule has 5 heterocycles. The number of hydrogen-bond donors (Lipinski definition) is 1. The predicted octanol–water partition coefficient (Wildman–Crippen LogP) is 2.57. The van der Waals surface area contributed by atoms with Gasteiger partial charge in [0.2, 0.25) is 0 Å². The van der Waals surface area contributed by atoms with E-state index in [4.69, 9.17) is 4.74 Å². The molecule has 0 bridgehead atoms. The highest BCUT2D eigenvalue weighted by molar-refractivity contribution is 7.18. The number of piperazine rings is 1. The van der Waals surface area contributed by atoms with Crippen molar-refractivity contribution in [3.05, 3.63) is 42.6 Å². The lowest BCUT2D eigenvalue weighted by molar-refractivity contribution is -0.0660. The highest BCUT2D eigenvalue weighted by Gasteiger charge is 2.29. The number of hydrogen-bond acceptors (Lipinski definition) is 9. The van der Waals surface area contributed by atoms with Crippen LogP contribution in [0.4, 0.5) is 16.6 Å². The van der Waals surface area contributed by atoms with Crippen molar-refractivity contribution in [3.63, 3.8) is 0 Å². The van der Waals surface area contributed by atoms with Crippen molar-refractivity contribution in [2.75, 3.05) is 49.6 Å². The lowest BCUT2D eigenvalue weighted by Gasteiger charge is -2.43. The number of rotatable bonds is 5. The zero-order valence-electron chi connectivity index (χ0n) is 16.3. The van der Waals surface area contributed by atoms with Crippen LogP contribution in [0.5, 0.6) is 0 Å². The average Bonchev–Trinajstić information content (AvgIpc) is 3.16. The van der Waals surface area contributed by atoms with Crippen LogP contribution in [0.2, 0.25) is 0 Å². The minimum atomic E-state index is 0.613. The number of nitrogens with zero attached hydrogens (tertiary/aromatic N) is 6. The van der Waals surface area contributed by atoms with Gasteiger partial charge in [0.1, 0.15) is 11.5 Å². The number of aryl methyl sites for hydroxylation is 1. The second-order valence-corrected chi connectivity index (χ2v) is 8.34. The Morgan fingerprint density at radius 3 is 2.66 bits per heavy atom. The number of nitrogens with one attached hydrogen (secondary N) is 1. The zero-order chi connectivity index (χ0) is 19.6. The smallest absolute Gasteiger partial charge is 0.188 e. The molecule has 150 valence electrons. The summed E-state index contributed by atoms with van der Waals surface area (Å²) in [6.45, 7) is 7.99. The van der Waals surface area contributed by atoms with Crippen LogP contribution in [-0.2, 0) is 4.74 Å². The minimum absolute atomic E-state index is 0.613. The van der Waals surface area contributed by atoms with E-state index >= 15 is 0 Å². The summed E-state index contributed by atoms with van der Waals surface area (Å²) in [5.41, 5.74) is 3.02. The first-order valence-corrected chi connectivity index (χ1v) is 10.6. The first-order chi connectivity index (χ1) is 14.2. The fourth-order valence-corrected chi connectivity index (χ4v) is 4.45. The summed E-state index contributed by atoms with van der Waals surface area (Å²) in [5, 5.41) is 4.15. The van der Waals surface area contributed by atoms with E-state index in [-0.39, 0.29) is 0 Å². The summed E-state index contributed by atoms with van der Waals surface area (Å²) < 4.78 is 5.33. The molecule has 0 saturated carbocycles. The average molecular weight is 410 g/mol. The highest BCUT2D eigenvalue weighted by atomic mass is 32.1. The molecular formula is C20H23N7OS. The molecule has 29 heavy (non-hydrogen) atoms. The molecule has 5 rings (SSSR count). The Bertz CT molecular complexity index is 968. The van der Waals surface area contributed by atoms with Crippen molar-refractivity contribution in [2.45, 2.75) is 13.0 Å². The van der Waals surface area contributed by atoms with Gasteiger partial charge in [-0.3, -0.25) is 14.9 Å². The fourth-order valence-electron chi connectivity index (χ4n) is 3.66. The normalized spacial score (nSPS) is 17.9. The van der Waals surface area contributed by atoms with Gasteiger partial charge in [-0.25, -0.2) is 9.97 Å². The minimum Gasteiger partial charge on any atom is -0.378 e. The largest absolute Gasteiger partial charge is 0.378 e. The van der Waals surface area contributed by atoms with Gasteiger partial charge in [0.25, 0.3) is 0 Å². The standard InChI is InChI=1S/C20H23N7OS/c1-14-8-15(26-4-6-27(7-5-26)16-12-28-13-16)9-19(24-14)25-20-23-11-18(29-20)17-10-21-2-3-22-17/h2-3,8-11,16H,4-7,12-13H2,1H3,(H,23,24,25). The summed E-state index contributed by atoms with van der Waals surface area (Å²) in [6.07, 6.45) is 6.92. The van der Waals surface area contributed by atoms with E-state index < -0.39 is 0 Å². The third-order valence-electron chi connectivity index (χ3n) is 5.31. The molecule has 2 aliphatic heterocycles. The Morgan fingerprint density at radius 1 is 1.07 bits per heavy atom.